The Hall–Kier alpha value is -3.07. The van der Waals surface area contributed by atoms with Gasteiger partial charge < -0.3 is 10.5 Å². The number of thiophene rings is 1. The number of hydrogen-bond acceptors (Lipinski definition) is 6. The van der Waals surface area contributed by atoms with Crippen molar-refractivity contribution < 1.29 is 13.2 Å². The average molecular weight is 481 g/mol. The van der Waals surface area contributed by atoms with Crippen molar-refractivity contribution >= 4 is 38.8 Å². The quantitative estimate of drug-likeness (QED) is 0.191. The molecule has 0 atom stereocenters. The van der Waals surface area contributed by atoms with E-state index in [-0.39, 0.29) is 15.6 Å². The van der Waals surface area contributed by atoms with Gasteiger partial charge >= 0.3 is 0 Å². The molecule has 0 amide bonds. The summed E-state index contributed by atoms with van der Waals surface area (Å²) in [7, 11) is -3.76. The molecule has 4 rings (SSSR count). The maximum Gasteiger partial charge on any atom is 0.208 e. The molecule has 1 heterocycles. The zero-order chi connectivity index (χ0) is 22.7. The summed E-state index contributed by atoms with van der Waals surface area (Å²) in [5, 5.41) is 7.64. The van der Waals surface area contributed by atoms with Gasteiger partial charge in [-0.15, -0.1) is 23.1 Å². The van der Waals surface area contributed by atoms with Crippen molar-refractivity contribution in [3.63, 3.8) is 0 Å². The molecule has 0 saturated heterocycles. The molecule has 162 valence electrons. The van der Waals surface area contributed by atoms with Crippen LogP contribution >= 0.6 is 23.1 Å². The van der Waals surface area contributed by atoms with Crippen LogP contribution in [0, 0.1) is 5.41 Å². The molecule has 0 saturated carbocycles. The SMILES string of the molecule is CSc1sc(C(=N)N)cc1S(=O)(=O)c1cccc(-c2ccc(Oc3ccccc3)cc2)c1. The minimum atomic E-state index is -3.76. The Bertz CT molecular complexity index is 1360. The van der Waals surface area contributed by atoms with Gasteiger partial charge in [0.15, 0.2) is 0 Å². The second-order valence-electron chi connectivity index (χ2n) is 6.85. The van der Waals surface area contributed by atoms with E-state index in [0.717, 1.165) is 16.9 Å². The lowest BCUT2D eigenvalue weighted by Crippen LogP contribution is -2.08. The highest BCUT2D eigenvalue weighted by Crippen LogP contribution is 2.37. The number of amidine groups is 1. The van der Waals surface area contributed by atoms with Gasteiger partial charge in [0.1, 0.15) is 17.3 Å². The Morgan fingerprint density at radius 3 is 2.25 bits per heavy atom. The van der Waals surface area contributed by atoms with Crippen molar-refractivity contribution in [3.05, 3.63) is 89.8 Å². The van der Waals surface area contributed by atoms with Crippen LogP contribution in [0.5, 0.6) is 11.5 Å². The second kappa shape index (κ2) is 9.20. The van der Waals surface area contributed by atoms with Gasteiger partial charge in [0.25, 0.3) is 0 Å². The predicted molar refractivity (Wildman–Crippen MR) is 131 cm³/mol. The van der Waals surface area contributed by atoms with Gasteiger partial charge in [-0.2, -0.15) is 0 Å². The Morgan fingerprint density at radius 2 is 1.59 bits per heavy atom. The number of sulfone groups is 1. The number of nitrogens with two attached hydrogens (primary N) is 1. The maximum atomic E-state index is 13.4. The fourth-order valence-corrected chi connectivity index (χ4v) is 7.03. The highest BCUT2D eigenvalue weighted by atomic mass is 32.2. The van der Waals surface area contributed by atoms with Crippen LogP contribution < -0.4 is 10.5 Å². The molecule has 5 nitrogen and oxygen atoms in total. The molecular formula is C24H20N2O3S3. The number of thioether (sulfide) groups is 1. The topological polar surface area (TPSA) is 93.2 Å². The molecule has 0 unspecified atom stereocenters. The van der Waals surface area contributed by atoms with Gasteiger partial charge in [-0.3, -0.25) is 5.41 Å². The van der Waals surface area contributed by atoms with Crippen molar-refractivity contribution in [3.8, 4) is 22.6 Å². The van der Waals surface area contributed by atoms with E-state index >= 15 is 0 Å². The van der Waals surface area contributed by atoms with E-state index in [9.17, 15) is 8.42 Å². The molecule has 8 heteroatoms. The Morgan fingerprint density at radius 1 is 0.906 bits per heavy atom. The fourth-order valence-electron chi connectivity index (χ4n) is 3.13. The highest BCUT2D eigenvalue weighted by molar-refractivity contribution is 8.01. The van der Waals surface area contributed by atoms with Crippen molar-refractivity contribution in [2.45, 2.75) is 14.0 Å². The van der Waals surface area contributed by atoms with E-state index in [4.69, 9.17) is 15.9 Å². The van der Waals surface area contributed by atoms with Gasteiger partial charge in [0, 0.05) is 0 Å². The minimum absolute atomic E-state index is 0.140. The zero-order valence-corrected chi connectivity index (χ0v) is 19.6. The molecule has 0 aliphatic carbocycles. The first kappa shape index (κ1) is 22.1. The van der Waals surface area contributed by atoms with Crippen molar-refractivity contribution in [1.29, 1.82) is 5.41 Å². The summed E-state index contributed by atoms with van der Waals surface area (Å²) in [6, 6.07) is 25.3. The van der Waals surface area contributed by atoms with Crippen LogP contribution in [0.1, 0.15) is 4.88 Å². The lowest BCUT2D eigenvalue weighted by molar-refractivity contribution is 0.483. The molecule has 32 heavy (non-hydrogen) atoms. The maximum absolute atomic E-state index is 13.4. The summed E-state index contributed by atoms with van der Waals surface area (Å²) < 4.78 is 33.1. The molecule has 4 aromatic rings. The minimum Gasteiger partial charge on any atom is -0.457 e. The van der Waals surface area contributed by atoms with Crippen molar-refractivity contribution in [2.24, 2.45) is 5.73 Å². The molecule has 0 spiro atoms. The second-order valence-corrected chi connectivity index (χ2v) is 10.9. The number of ether oxygens (including phenoxy) is 1. The van der Waals surface area contributed by atoms with Gasteiger partial charge in [0.05, 0.1) is 18.9 Å². The van der Waals surface area contributed by atoms with Gasteiger partial charge in [0.2, 0.25) is 9.84 Å². The van der Waals surface area contributed by atoms with E-state index in [1.807, 2.05) is 66.9 Å². The first-order chi connectivity index (χ1) is 15.4. The smallest absolute Gasteiger partial charge is 0.208 e. The fraction of sp³-hybridized carbons (Fsp3) is 0.0417. The first-order valence-electron chi connectivity index (χ1n) is 9.59. The van der Waals surface area contributed by atoms with Gasteiger partial charge in [-0.05, 0) is 59.8 Å². The molecule has 0 radical (unpaired) electrons. The van der Waals surface area contributed by atoms with Crippen molar-refractivity contribution in [2.75, 3.05) is 6.26 Å². The summed E-state index contributed by atoms with van der Waals surface area (Å²) in [6.07, 6.45) is 1.81. The summed E-state index contributed by atoms with van der Waals surface area (Å²) in [5.41, 5.74) is 7.23. The third kappa shape index (κ3) is 4.57. The van der Waals surface area contributed by atoms with Crippen LogP contribution in [0.4, 0.5) is 0 Å². The summed E-state index contributed by atoms with van der Waals surface area (Å²) in [6.45, 7) is 0. The molecular weight excluding hydrogens is 460 g/mol. The summed E-state index contributed by atoms with van der Waals surface area (Å²) in [4.78, 5) is 0.824. The van der Waals surface area contributed by atoms with E-state index in [1.165, 1.54) is 29.2 Å². The Labute approximate surface area is 195 Å². The molecule has 0 aliphatic heterocycles. The third-order valence-electron chi connectivity index (χ3n) is 4.72. The molecule has 1 aromatic heterocycles. The number of para-hydroxylation sites is 1. The molecule has 0 fully saturated rings. The molecule has 0 aliphatic rings. The van der Waals surface area contributed by atoms with E-state index < -0.39 is 9.84 Å². The van der Waals surface area contributed by atoms with Gasteiger partial charge in [-0.1, -0.05) is 42.5 Å². The molecule has 3 aromatic carbocycles. The van der Waals surface area contributed by atoms with E-state index in [2.05, 4.69) is 0 Å². The average Bonchev–Trinajstić information content (AvgIpc) is 3.26. The number of rotatable bonds is 7. The van der Waals surface area contributed by atoms with Gasteiger partial charge in [-0.25, -0.2) is 8.42 Å². The lowest BCUT2D eigenvalue weighted by atomic mass is 10.1. The lowest BCUT2D eigenvalue weighted by Gasteiger charge is -2.09. The summed E-state index contributed by atoms with van der Waals surface area (Å²) in [5.74, 6) is 1.31. The Kier molecular flexibility index (Phi) is 6.36. The van der Waals surface area contributed by atoms with Crippen LogP contribution in [0.2, 0.25) is 0 Å². The van der Waals surface area contributed by atoms with Crippen LogP contribution in [-0.2, 0) is 9.84 Å². The third-order valence-corrected chi connectivity index (χ3v) is 9.05. The largest absolute Gasteiger partial charge is 0.457 e. The summed E-state index contributed by atoms with van der Waals surface area (Å²) >= 11 is 2.54. The van der Waals surface area contributed by atoms with Crippen LogP contribution in [-0.4, -0.2) is 20.5 Å². The number of nitrogens with one attached hydrogen (secondary N) is 1. The molecule has 0 bridgehead atoms. The monoisotopic (exact) mass is 480 g/mol. The number of nitrogen functional groups attached to an aromatic ring is 1. The van der Waals surface area contributed by atoms with Crippen LogP contribution in [0.25, 0.3) is 11.1 Å². The highest BCUT2D eigenvalue weighted by Gasteiger charge is 2.25. The first-order valence-corrected chi connectivity index (χ1v) is 13.1. The van der Waals surface area contributed by atoms with E-state index in [1.54, 1.807) is 18.2 Å². The van der Waals surface area contributed by atoms with E-state index in [0.29, 0.717) is 14.8 Å². The molecule has 3 N–H and O–H groups in total. The zero-order valence-electron chi connectivity index (χ0n) is 17.1. The normalized spacial score (nSPS) is 11.3. The standard InChI is InChI=1S/C24H20N2O3S3/c1-30-24-22(15-21(31-24)23(25)26)32(27,28)20-9-5-6-17(14-20)16-10-12-19(13-11-16)29-18-7-3-2-4-8-18/h2-15H,1H3,(H3,25,26). The number of hydrogen-bond donors (Lipinski definition) is 2. The Balaban J connectivity index is 1.64. The van der Waals surface area contributed by atoms with Crippen LogP contribution in [0.15, 0.2) is 98.9 Å². The van der Waals surface area contributed by atoms with Crippen LogP contribution in [0.3, 0.4) is 0 Å². The predicted octanol–water partition coefficient (Wildman–Crippen LogP) is 6.05. The number of benzene rings is 3. The van der Waals surface area contributed by atoms with Crippen molar-refractivity contribution in [1.82, 2.24) is 0 Å².